The minimum Gasteiger partial charge on any atom is -0.178 e. The van der Waals surface area contributed by atoms with Crippen molar-refractivity contribution >= 4 is 48.8 Å². The van der Waals surface area contributed by atoms with E-state index >= 15 is 0 Å². The number of thiol groups is 2. The molecule has 0 amide bonds. The van der Waals surface area contributed by atoms with Gasteiger partial charge in [0.2, 0.25) is 0 Å². The Morgan fingerprint density at radius 1 is 1.10 bits per heavy atom. The highest BCUT2D eigenvalue weighted by Crippen LogP contribution is 2.34. The van der Waals surface area contributed by atoms with Crippen LogP contribution in [-0.4, -0.2) is 27.1 Å². The van der Waals surface area contributed by atoms with Crippen LogP contribution in [0.1, 0.15) is 6.42 Å². The van der Waals surface area contributed by atoms with E-state index in [1.807, 2.05) is 23.5 Å². The Bertz CT molecular complexity index is 85.7. The molecule has 1 fully saturated rings. The third-order valence-electron chi connectivity index (χ3n) is 1.54. The maximum Gasteiger partial charge on any atom is 0.0398 e. The lowest BCUT2D eigenvalue weighted by Crippen LogP contribution is -2.20. The van der Waals surface area contributed by atoms with E-state index in [0.29, 0.717) is 0 Å². The molecule has 2 atom stereocenters. The topological polar surface area (TPSA) is 0 Å². The molecule has 4 heteroatoms. The van der Waals surface area contributed by atoms with Crippen molar-refractivity contribution in [2.45, 2.75) is 16.9 Å². The molecule has 1 saturated heterocycles. The largest absolute Gasteiger partial charge is 0.178 e. The smallest absolute Gasteiger partial charge is 0.0398 e. The Kier molecular flexibility index (Phi) is 4.86. The molecule has 0 nitrogen and oxygen atoms in total. The standard InChI is InChI=1S/C6H12S4/c7-2-5-1-6(3-8)10-4-9-5/h5-8H,1-4H2. The van der Waals surface area contributed by atoms with E-state index in [-0.39, 0.29) is 0 Å². The molecule has 1 aliphatic heterocycles. The lowest BCUT2D eigenvalue weighted by Gasteiger charge is -2.25. The minimum atomic E-state index is 0.779. The molecule has 0 aromatic heterocycles. The average molecular weight is 212 g/mol. The normalized spacial score (nSPS) is 34.2. The SMILES string of the molecule is SCC1CC(CS)SCS1. The van der Waals surface area contributed by atoms with Gasteiger partial charge in [-0.15, -0.1) is 23.5 Å². The number of hydrogen-bond acceptors (Lipinski definition) is 4. The zero-order valence-corrected chi connectivity index (χ0v) is 9.12. The number of thioether (sulfide) groups is 2. The molecule has 0 N–H and O–H groups in total. The molecule has 60 valence electrons. The fourth-order valence-corrected chi connectivity index (χ4v) is 4.77. The van der Waals surface area contributed by atoms with Gasteiger partial charge in [0, 0.05) is 27.1 Å². The highest BCUT2D eigenvalue weighted by atomic mass is 32.2. The summed E-state index contributed by atoms with van der Waals surface area (Å²) in [7, 11) is 0. The van der Waals surface area contributed by atoms with Crippen LogP contribution >= 0.6 is 48.8 Å². The molecule has 1 aliphatic rings. The molecule has 0 aliphatic carbocycles. The Hall–Kier alpha value is 1.40. The maximum atomic E-state index is 4.29. The molecule has 0 bridgehead atoms. The first-order valence-corrected chi connectivity index (χ1v) is 6.68. The van der Waals surface area contributed by atoms with E-state index in [4.69, 9.17) is 0 Å². The average Bonchev–Trinajstić information content (AvgIpc) is 2.05. The van der Waals surface area contributed by atoms with Crippen molar-refractivity contribution in [2.75, 3.05) is 16.6 Å². The second-order valence-corrected chi connectivity index (χ2v) is 5.97. The van der Waals surface area contributed by atoms with Crippen molar-refractivity contribution in [2.24, 2.45) is 0 Å². The van der Waals surface area contributed by atoms with Crippen molar-refractivity contribution in [1.82, 2.24) is 0 Å². The first-order chi connectivity index (χ1) is 4.86. The van der Waals surface area contributed by atoms with E-state index in [9.17, 15) is 0 Å². The quantitative estimate of drug-likeness (QED) is 0.675. The lowest BCUT2D eigenvalue weighted by atomic mass is 10.2. The van der Waals surface area contributed by atoms with Crippen LogP contribution in [0.4, 0.5) is 0 Å². The van der Waals surface area contributed by atoms with Crippen molar-refractivity contribution in [1.29, 1.82) is 0 Å². The van der Waals surface area contributed by atoms with Crippen LogP contribution in [0.25, 0.3) is 0 Å². The predicted octanol–water partition coefficient (Wildman–Crippen LogP) is 2.41. The molecular formula is C6H12S4. The van der Waals surface area contributed by atoms with Crippen LogP contribution in [0.5, 0.6) is 0 Å². The third kappa shape index (κ3) is 2.80. The highest BCUT2D eigenvalue weighted by molar-refractivity contribution is 8.17. The summed E-state index contributed by atoms with van der Waals surface area (Å²) in [6, 6.07) is 0. The molecule has 0 radical (unpaired) electrons. The summed E-state index contributed by atoms with van der Waals surface area (Å²) < 4.78 is 0. The summed E-state index contributed by atoms with van der Waals surface area (Å²) >= 11 is 12.6. The first kappa shape index (κ1) is 9.49. The van der Waals surface area contributed by atoms with Crippen LogP contribution < -0.4 is 0 Å². The van der Waals surface area contributed by atoms with Crippen molar-refractivity contribution in [3.8, 4) is 0 Å². The summed E-state index contributed by atoms with van der Waals surface area (Å²) in [6.45, 7) is 0. The number of rotatable bonds is 2. The van der Waals surface area contributed by atoms with Crippen LogP contribution in [0.2, 0.25) is 0 Å². The van der Waals surface area contributed by atoms with Crippen molar-refractivity contribution in [3.05, 3.63) is 0 Å². The van der Waals surface area contributed by atoms with Gasteiger partial charge in [-0.2, -0.15) is 25.3 Å². The van der Waals surface area contributed by atoms with Crippen LogP contribution in [0.3, 0.4) is 0 Å². The van der Waals surface area contributed by atoms with E-state index < -0.39 is 0 Å². The Labute approximate surface area is 82.1 Å². The van der Waals surface area contributed by atoms with Crippen LogP contribution in [-0.2, 0) is 0 Å². The van der Waals surface area contributed by atoms with Gasteiger partial charge in [0.1, 0.15) is 0 Å². The zero-order valence-electron chi connectivity index (χ0n) is 5.69. The summed E-state index contributed by atoms with van der Waals surface area (Å²) in [5.41, 5.74) is 0. The Balaban J connectivity index is 2.25. The third-order valence-corrected chi connectivity index (χ3v) is 5.67. The van der Waals surface area contributed by atoms with Gasteiger partial charge in [0.25, 0.3) is 0 Å². The summed E-state index contributed by atoms with van der Waals surface area (Å²) in [5.74, 6) is 2.05. The molecule has 0 aromatic carbocycles. The first-order valence-electron chi connectivity index (χ1n) is 3.31. The summed E-state index contributed by atoms with van der Waals surface area (Å²) in [5, 5.41) is 2.79. The maximum absolute atomic E-state index is 4.29. The van der Waals surface area contributed by atoms with Crippen molar-refractivity contribution < 1.29 is 0 Å². The molecule has 2 unspecified atom stereocenters. The van der Waals surface area contributed by atoms with Gasteiger partial charge in [0.15, 0.2) is 0 Å². The van der Waals surface area contributed by atoms with Gasteiger partial charge in [0.05, 0.1) is 0 Å². The molecule has 10 heavy (non-hydrogen) atoms. The molecule has 1 heterocycles. The van der Waals surface area contributed by atoms with Gasteiger partial charge in [-0.05, 0) is 6.42 Å². The van der Waals surface area contributed by atoms with Gasteiger partial charge in [-0.3, -0.25) is 0 Å². The number of hydrogen-bond donors (Lipinski definition) is 2. The second kappa shape index (κ2) is 5.12. The Morgan fingerprint density at radius 2 is 1.60 bits per heavy atom. The van der Waals surface area contributed by atoms with Gasteiger partial charge in [-0.1, -0.05) is 0 Å². The molecule has 0 aromatic rings. The van der Waals surface area contributed by atoms with E-state index in [1.165, 1.54) is 11.5 Å². The monoisotopic (exact) mass is 212 g/mol. The minimum absolute atomic E-state index is 0.779. The van der Waals surface area contributed by atoms with Crippen LogP contribution in [0, 0.1) is 0 Å². The second-order valence-electron chi connectivity index (χ2n) is 2.30. The van der Waals surface area contributed by atoms with Gasteiger partial charge < -0.3 is 0 Å². The van der Waals surface area contributed by atoms with Gasteiger partial charge in [-0.25, -0.2) is 0 Å². The lowest BCUT2D eigenvalue weighted by molar-refractivity contribution is 0.815. The summed E-state index contributed by atoms with van der Waals surface area (Å²) in [4.78, 5) is 0. The fourth-order valence-electron chi connectivity index (χ4n) is 0.916. The van der Waals surface area contributed by atoms with E-state index in [2.05, 4.69) is 25.3 Å². The van der Waals surface area contributed by atoms with Crippen molar-refractivity contribution in [3.63, 3.8) is 0 Å². The van der Waals surface area contributed by atoms with E-state index in [0.717, 1.165) is 22.0 Å². The van der Waals surface area contributed by atoms with E-state index in [1.54, 1.807) is 0 Å². The molecule has 0 spiro atoms. The molecular weight excluding hydrogens is 200 g/mol. The molecule has 0 saturated carbocycles. The van der Waals surface area contributed by atoms with Crippen LogP contribution in [0.15, 0.2) is 0 Å². The highest BCUT2D eigenvalue weighted by Gasteiger charge is 2.20. The summed E-state index contributed by atoms with van der Waals surface area (Å²) in [6.07, 6.45) is 1.29. The fraction of sp³-hybridized carbons (Fsp3) is 1.00. The zero-order chi connectivity index (χ0) is 7.40. The van der Waals surface area contributed by atoms with Gasteiger partial charge >= 0.3 is 0 Å². The predicted molar refractivity (Wildman–Crippen MR) is 59.9 cm³/mol. The molecule has 1 rings (SSSR count). The Morgan fingerprint density at radius 3 is 2.00 bits per heavy atom.